The maximum Gasteiger partial charge on any atom is 0.278 e. The quantitative estimate of drug-likeness (QED) is 0.784. The van der Waals surface area contributed by atoms with Crippen LogP contribution in [0, 0.1) is 5.92 Å². The number of nitrogens with zero attached hydrogens (tertiary/aromatic N) is 3. The SMILES string of the molecule is C[C@@H]1C[C@@H](CO)O[C@@H]1n1cnc2c(=O)[nH]cnc21. The fourth-order valence-corrected chi connectivity index (χ4v) is 2.42. The molecule has 7 heteroatoms. The Bertz CT molecular complexity index is 620. The molecule has 1 aliphatic heterocycles. The van der Waals surface area contributed by atoms with Crippen LogP contribution >= 0.6 is 0 Å². The average Bonchev–Trinajstić information content (AvgIpc) is 2.93. The molecule has 1 saturated heterocycles. The van der Waals surface area contributed by atoms with Gasteiger partial charge in [0.2, 0.25) is 0 Å². The molecule has 0 amide bonds. The number of nitrogens with one attached hydrogen (secondary N) is 1. The van der Waals surface area contributed by atoms with Crippen molar-refractivity contribution in [1.82, 2.24) is 19.5 Å². The normalized spacial score (nSPS) is 28.0. The number of rotatable bonds is 2. The first-order valence-corrected chi connectivity index (χ1v) is 5.87. The van der Waals surface area contributed by atoms with E-state index in [0.29, 0.717) is 11.2 Å². The highest BCUT2D eigenvalue weighted by atomic mass is 16.5. The van der Waals surface area contributed by atoms with Crippen molar-refractivity contribution in [3.8, 4) is 0 Å². The van der Waals surface area contributed by atoms with E-state index in [1.807, 2.05) is 6.92 Å². The first-order valence-electron chi connectivity index (χ1n) is 5.87. The maximum absolute atomic E-state index is 11.6. The van der Waals surface area contributed by atoms with E-state index in [4.69, 9.17) is 9.84 Å². The fourth-order valence-electron chi connectivity index (χ4n) is 2.42. The largest absolute Gasteiger partial charge is 0.394 e. The second-order valence-corrected chi connectivity index (χ2v) is 4.60. The minimum Gasteiger partial charge on any atom is -0.394 e. The van der Waals surface area contributed by atoms with E-state index in [2.05, 4.69) is 15.0 Å². The summed E-state index contributed by atoms with van der Waals surface area (Å²) in [6.45, 7) is 2.04. The van der Waals surface area contributed by atoms with E-state index in [1.165, 1.54) is 6.33 Å². The number of aromatic amines is 1. The Labute approximate surface area is 102 Å². The molecule has 3 rings (SSSR count). The third-order valence-electron chi connectivity index (χ3n) is 3.30. The summed E-state index contributed by atoms with van der Waals surface area (Å²) in [6, 6.07) is 0. The van der Waals surface area contributed by atoms with Gasteiger partial charge in [-0.2, -0.15) is 0 Å². The van der Waals surface area contributed by atoms with E-state index in [-0.39, 0.29) is 30.4 Å². The molecule has 0 radical (unpaired) electrons. The van der Waals surface area contributed by atoms with Crippen LogP contribution in [0.25, 0.3) is 11.2 Å². The van der Waals surface area contributed by atoms with Crippen molar-refractivity contribution < 1.29 is 9.84 Å². The molecule has 0 aliphatic carbocycles. The maximum atomic E-state index is 11.6. The Morgan fingerprint density at radius 3 is 3.17 bits per heavy atom. The van der Waals surface area contributed by atoms with Crippen molar-refractivity contribution in [3.63, 3.8) is 0 Å². The van der Waals surface area contributed by atoms with Gasteiger partial charge in [-0.15, -0.1) is 0 Å². The number of H-pyrrole nitrogens is 1. The lowest BCUT2D eigenvalue weighted by Crippen LogP contribution is -2.16. The minimum atomic E-state index is -0.261. The first-order chi connectivity index (χ1) is 8.70. The van der Waals surface area contributed by atoms with Gasteiger partial charge in [-0.25, -0.2) is 9.97 Å². The van der Waals surface area contributed by atoms with Crippen molar-refractivity contribution in [2.45, 2.75) is 25.7 Å². The molecular weight excluding hydrogens is 236 g/mol. The lowest BCUT2D eigenvalue weighted by molar-refractivity contribution is -0.0294. The summed E-state index contributed by atoms with van der Waals surface area (Å²) >= 11 is 0. The zero-order valence-corrected chi connectivity index (χ0v) is 9.91. The number of hydrogen-bond donors (Lipinski definition) is 2. The zero-order valence-electron chi connectivity index (χ0n) is 9.91. The second kappa shape index (κ2) is 4.18. The van der Waals surface area contributed by atoms with Gasteiger partial charge >= 0.3 is 0 Å². The molecule has 1 fully saturated rings. The number of aliphatic hydroxyl groups is 1. The van der Waals surface area contributed by atoms with Gasteiger partial charge in [0, 0.05) is 5.92 Å². The van der Waals surface area contributed by atoms with Crippen molar-refractivity contribution >= 4 is 11.2 Å². The third-order valence-corrected chi connectivity index (χ3v) is 3.30. The molecule has 3 atom stereocenters. The number of imidazole rings is 1. The van der Waals surface area contributed by atoms with Crippen LogP contribution in [0.3, 0.4) is 0 Å². The number of ether oxygens (including phenoxy) is 1. The molecule has 96 valence electrons. The molecule has 0 unspecified atom stereocenters. The molecule has 0 aromatic carbocycles. The van der Waals surface area contributed by atoms with E-state index in [9.17, 15) is 4.79 Å². The molecule has 0 bridgehead atoms. The van der Waals surface area contributed by atoms with Crippen LogP contribution in [-0.2, 0) is 4.74 Å². The standard InChI is InChI=1S/C11H14N4O3/c1-6-2-7(3-16)18-11(6)15-5-14-8-9(15)12-4-13-10(8)17/h4-7,11,16H,2-3H2,1H3,(H,12,13,17)/t6-,7+,11+/m1/s1. The Morgan fingerprint density at radius 2 is 2.44 bits per heavy atom. The summed E-state index contributed by atoms with van der Waals surface area (Å²) in [6.07, 6.45) is 3.30. The van der Waals surface area contributed by atoms with Crippen LogP contribution in [0.1, 0.15) is 19.6 Å². The number of aromatic nitrogens is 4. The van der Waals surface area contributed by atoms with Crippen LogP contribution in [0.5, 0.6) is 0 Å². The molecule has 7 nitrogen and oxygen atoms in total. The molecule has 2 aromatic heterocycles. The molecular formula is C11H14N4O3. The topological polar surface area (TPSA) is 93.0 Å². The third kappa shape index (κ3) is 1.63. The van der Waals surface area contributed by atoms with Gasteiger partial charge in [-0.3, -0.25) is 9.36 Å². The van der Waals surface area contributed by atoms with Crippen molar-refractivity contribution in [2.75, 3.05) is 6.61 Å². The van der Waals surface area contributed by atoms with Crippen LogP contribution in [-0.4, -0.2) is 37.3 Å². The molecule has 2 N–H and O–H groups in total. The lowest BCUT2D eigenvalue weighted by atomic mass is 10.1. The smallest absolute Gasteiger partial charge is 0.278 e. The number of aliphatic hydroxyl groups excluding tert-OH is 1. The van der Waals surface area contributed by atoms with Gasteiger partial charge in [0.05, 0.1) is 25.4 Å². The van der Waals surface area contributed by atoms with Gasteiger partial charge in [0.15, 0.2) is 11.2 Å². The predicted molar refractivity (Wildman–Crippen MR) is 62.9 cm³/mol. The Morgan fingerprint density at radius 1 is 1.61 bits per heavy atom. The predicted octanol–water partition coefficient (Wildman–Crippen LogP) is 0.0355. The summed E-state index contributed by atoms with van der Waals surface area (Å²) in [7, 11) is 0. The summed E-state index contributed by atoms with van der Waals surface area (Å²) in [4.78, 5) is 22.2. The van der Waals surface area contributed by atoms with Gasteiger partial charge in [0.25, 0.3) is 5.56 Å². The van der Waals surface area contributed by atoms with Gasteiger partial charge in [-0.05, 0) is 6.42 Å². The van der Waals surface area contributed by atoms with Crippen molar-refractivity contribution in [3.05, 3.63) is 23.0 Å². The Hall–Kier alpha value is -1.73. The summed E-state index contributed by atoms with van der Waals surface area (Å²) in [5.41, 5.74) is 0.554. The van der Waals surface area contributed by atoms with Gasteiger partial charge in [0.1, 0.15) is 6.23 Å². The van der Waals surface area contributed by atoms with Crippen LogP contribution < -0.4 is 5.56 Å². The van der Waals surface area contributed by atoms with Gasteiger partial charge in [-0.1, -0.05) is 6.92 Å². The van der Waals surface area contributed by atoms with Crippen LogP contribution in [0.2, 0.25) is 0 Å². The molecule has 2 aromatic rings. The Kier molecular flexibility index (Phi) is 2.64. The average molecular weight is 250 g/mol. The van der Waals surface area contributed by atoms with Gasteiger partial charge < -0.3 is 14.8 Å². The van der Waals surface area contributed by atoms with Crippen molar-refractivity contribution in [2.24, 2.45) is 5.92 Å². The zero-order chi connectivity index (χ0) is 12.7. The molecule has 0 spiro atoms. The highest BCUT2D eigenvalue weighted by molar-refractivity contribution is 5.68. The molecule has 3 heterocycles. The second-order valence-electron chi connectivity index (χ2n) is 4.60. The summed E-state index contributed by atoms with van der Waals surface area (Å²) in [5.74, 6) is 0.237. The minimum absolute atomic E-state index is 0.00147. The first kappa shape index (κ1) is 11.4. The van der Waals surface area contributed by atoms with E-state index >= 15 is 0 Å². The molecule has 0 saturated carbocycles. The Balaban J connectivity index is 2.05. The lowest BCUT2D eigenvalue weighted by Gasteiger charge is -2.16. The van der Waals surface area contributed by atoms with Crippen LogP contribution in [0.4, 0.5) is 0 Å². The highest BCUT2D eigenvalue weighted by Crippen LogP contribution is 2.34. The van der Waals surface area contributed by atoms with E-state index in [0.717, 1.165) is 6.42 Å². The van der Waals surface area contributed by atoms with Crippen molar-refractivity contribution in [1.29, 1.82) is 0 Å². The highest BCUT2D eigenvalue weighted by Gasteiger charge is 2.34. The van der Waals surface area contributed by atoms with E-state index in [1.54, 1.807) is 10.9 Å². The molecule has 18 heavy (non-hydrogen) atoms. The number of fused-ring (bicyclic) bond motifs is 1. The fraction of sp³-hybridized carbons (Fsp3) is 0.545. The summed E-state index contributed by atoms with van der Waals surface area (Å²) in [5, 5.41) is 9.14. The van der Waals surface area contributed by atoms with E-state index < -0.39 is 0 Å². The number of hydrogen-bond acceptors (Lipinski definition) is 5. The molecule has 1 aliphatic rings. The summed E-state index contributed by atoms with van der Waals surface area (Å²) < 4.78 is 7.49. The van der Waals surface area contributed by atoms with Crippen LogP contribution in [0.15, 0.2) is 17.4 Å². The monoisotopic (exact) mass is 250 g/mol.